The van der Waals surface area contributed by atoms with Gasteiger partial charge in [-0.25, -0.2) is 0 Å². The van der Waals surface area contributed by atoms with Gasteiger partial charge in [0.2, 0.25) is 5.76 Å². The Bertz CT molecular complexity index is 1370. The number of carbonyl (C=O) groups excluding carboxylic acids is 1. The quantitative estimate of drug-likeness (QED) is 0.419. The van der Waals surface area contributed by atoms with Crippen LogP contribution in [0.2, 0.25) is 0 Å². The topological polar surface area (TPSA) is 50.5 Å². The normalized spacial score (nSPS) is 15.7. The van der Waals surface area contributed by atoms with Crippen molar-refractivity contribution >= 4 is 22.6 Å². The minimum atomic E-state index is -0.536. The number of benzene rings is 3. The molecule has 0 fully saturated rings. The van der Waals surface area contributed by atoms with E-state index < -0.39 is 6.04 Å². The van der Waals surface area contributed by atoms with Crippen LogP contribution in [0, 0.1) is 6.92 Å². The van der Waals surface area contributed by atoms with Crippen molar-refractivity contribution in [3.8, 4) is 0 Å². The van der Waals surface area contributed by atoms with E-state index in [4.69, 9.17) is 4.42 Å². The first-order valence-electron chi connectivity index (χ1n) is 10.5. The lowest BCUT2D eigenvalue weighted by Crippen LogP contribution is -2.29. The molecule has 2 heterocycles. The average molecular weight is 409 g/mol. The van der Waals surface area contributed by atoms with Crippen LogP contribution in [0.5, 0.6) is 0 Å². The molecule has 1 amide bonds. The Kier molecular flexibility index (Phi) is 4.51. The molecule has 1 aliphatic rings. The number of hydrogen-bond acceptors (Lipinski definition) is 3. The van der Waals surface area contributed by atoms with Gasteiger partial charge in [-0.1, -0.05) is 62.4 Å². The van der Waals surface area contributed by atoms with Crippen molar-refractivity contribution in [3.05, 3.63) is 111 Å². The zero-order valence-corrected chi connectivity index (χ0v) is 17.8. The summed E-state index contributed by atoms with van der Waals surface area (Å²) in [5, 5.41) is 0.490. The van der Waals surface area contributed by atoms with Gasteiger partial charge in [-0.3, -0.25) is 14.5 Å². The lowest BCUT2D eigenvalue weighted by Gasteiger charge is -2.26. The minimum absolute atomic E-state index is 0.128. The van der Waals surface area contributed by atoms with Gasteiger partial charge in [0.15, 0.2) is 5.43 Å². The van der Waals surface area contributed by atoms with Crippen molar-refractivity contribution in [2.75, 3.05) is 4.90 Å². The van der Waals surface area contributed by atoms with Crippen molar-refractivity contribution in [1.82, 2.24) is 0 Å². The fraction of sp³-hybridized carbons (Fsp3) is 0.185. The molecule has 0 bridgehead atoms. The maximum Gasteiger partial charge on any atom is 0.295 e. The summed E-state index contributed by atoms with van der Waals surface area (Å²) in [6, 6.07) is 22.5. The molecular formula is C27H23NO3. The van der Waals surface area contributed by atoms with Crippen molar-refractivity contribution in [2.24, 2.45) is 0 Å². The summed E-state index contributed by atoms with van der Waals surface area (Å²) < 4.78 is 6.00. The largest absolute Gasteiger partial charge is 0.450 e. The first kappa shape index (κ1) is 19.3. The van der Waals surface area contributed by atoms with Gasteiger partial charge < -0.3 is 4.42 Å². The minimum Gasteiger partial charge on any atom is -0.450 e. The summed E-state index contributed by atoms with van der Waals surface area (Å²) >= 11 is 0. The Labute approximate surface area is 180 Å². The van der Waals surface area contributed by atoms with E-state index in [1.165, 1.54) is 5.56 Å². The van der Waals surface area contributed by atoms with Crippen LogP contribution in [0.15, 0.2) is 82.0 Å². The molecule has 4 aromatic rings. The van der Waals surface area contributed by atoms with Crippen LogP contribution in [-0.2, 0) is 0 Å². The molecule has 4 nitrogen and oxygen atoms in total. The molecule has 1 aromatic heterocycles. The highest BCUT2D eigenvalue weighted by Crippen LogP contribution is 2.41. The standard InChI is InChI=1S/C27H23NO3/c1-16(2)18-11-13-19(14-12-18)24-23-25(29)21-9-4-5-10-22(21)31-26(23)27(30)28(24)20-8-6-7-17(3)15-20/h4-16,24H,1-3H3. The number of rotatable bonds is 3. The summed E-state index contributed by atoms with van der Waals surface area (Å²) in [6.07, 6.45) is 0. The Morgan fingerprint density at radius 2 is 1.65 bits per heavy atom. The number of hydrogen-bond donors (Lipinski definition) is 0. The highest BCUT2D eigenvalue weighted by Gasteiger charge is 2.43. The summed E-state index contributed by atoms with van der Waals surface area (Å²) in [5.41, 5.74) is 4.57. The molecule has 0 aliphatic carbocycles. The lowest BCUT2D eigenvalue weighted by molar-refractivity contribution is 0.0971. The number of nitrogens with zero attached hydrogens (tertiary/aromatic N) is 1. The summed E-state index contributed by atoms with van der Waals surface area (Å²) in [7, 11) is 0. The number of fused-ring (bicyclic) bond motifs is 2. The van der Waals surface area contributed by atoms with Crippen LogP contribution >= 0.6 is 0 Å². The lowest BCUT2D eigenvalue weighted by atomic mass is 9.95. The fourth-order valence-electron chi connectivity index (χ4n) is 4.34. The fourth-order valence-corrected chi connectivity index (χ4v) is 4.34. The van der Waals surface area contributed by atoms with Crippen molar-refractivity contribution in [2.45, 2.75) is 32.7 Å². The maximum atomic E-state index is 13.6. The molecule has 0 saturated heterocycles. The average Bonchev–Trinajstić information content (AvgIpc) is 3.06. The molecule has 4 heteroatoms. The van der Waals surface area contributed by atoms with Gasteiger partial charge in [-0.15, -0.1) is 0 Å². The molecule has 31 heavy (non-hydrogen) atoms. The second kappa shape index (κ2) is 7.24. The van der Waals surface area contributed by atoms with Crippen LogP contribution in [0.25, 0.3) is 11.0 Å². The summed E-state index contributed by atoms with van der Waals surface area (Å²) in [5.74, 6) is 0.234. The molecule has 0 spiro atoms. The summed E-state index contributed by atoms with van der Waals surface area (Å²) in [4.78, 5) is 28.8. The van der Waals surface area contributed by atoms with Crippen LogP contribution < -0.4 is 10.3 Å². The Balaban J connectivity index is 1.78. The summed E-state index contributed by atoms with van der Waals surface area (Å²) in [6.45, 7) is 6.27. The number of amides is 1. The highest BCUT2D eigenvalue weighted by molar-refractivity contribution is 6.10. The third-order valence-corrected chi connectivity index (χ3v) is 5.98. The molecule has 3 aromatic carbocycles. The molecule has 1 atom stereocenters. The van der Waals surface area contributed by atoms with Crippen LogP contribution in [0.4, 0.5) is 5.69 Å². The van der Waals surface area contributed by atoms with Crippen molar-refractivity contribution in [1.29, 1.82) is 0 Å². The predicted octanol–water partition coefficient (Wildman–Crippen LogP) is 5.97. The van der Waals surface area contributed by atoms with Crippen LogP contribution in [0.1, 0.15) is 58.6 Å². The first-order valence-corrected chi connectivity index (χ1v) is 10.5. The molecule has 5 rings (SSSR count). The van der Waals surface area contributed by atoms with Gasteiger partial charge in [0.05, 0.1) is 17.0 Å². The van der Waals surface area contributed by atoms with Gasteiger partial charge in [-0.05, 0) is 53.8 Å². The van der Waals surface area contributed by atoms with E-state index in [1.54, 1.807) is 23.1 Å². The number of carbonyl (C=O) groups is 1. The Hall–Kier alpha value is -3.66. The maximum absolute atomic E-state index is 13.6. The third kappa shape index (κ3) is 3.07. The number of anilines is 1. The van der Waals surface area contributed by atoms with Gasteiger partial charge in [0.1, 0.15) is 5.58 Å². The predicted molar refractivity (Wildman–Crippen MR) is 123 cm³/mol. The molecule has 154 valence electrons. The molecular weight excluding hydrogens is 386 g/mol. The van der Waals surface area contributed by atoms with Crippen molar-refractivity contribution < 1.29 is 9.21 Å². The van der Waals surface area contributed by atoms with Gasteiger partial charge in [0, 0.05) is 5.69 Å². The second-order valence-electron chi connectivity index (χ2n) is 8.41. The number of para-hydroxylation sites is 1. The van der Waals surface area contributed by atoms with E-state index in [9.17, 15) is 9.59 Å². The Morgan fingerprint density at radius 1 is 0.903 bits per heavy atom. The second-order valence-corrected chi connectivity index (χ2v) is 8.41. The Morgan fingerprint density at radius 3 is 2.35 bits per heavy atom. The van der Waals surface area contributed by atoms with E-state index in [2.05, 4.69) is 26.0 Å². The van der Waals surface area contributed by atoms with E-state index in [-0.39, 0.29) is 17.1 Å². The third-order valence-electron chi connectivity index (χ3n) is 5.98. The van der Waals surface area contributed by atoms with E-state index in [0.29, 0.717) is 22.5 Å². The highest BCUT2D eigenvalue weighted by atomic mass is 16.3. The molecule has 0 N–H and O–H groups in total. The van der Waals surface area contributed by atoms with Crippen LogP contribution in [-0.4, -0.2) is 5.91 Å². The smallest absolute Gasteiger partial charge is 0.295 e. The van der Waals surface area contributed by atoms with Gasteiger partial charge in [-0.2, -0.15) is 0 Å². The van der Waals surface area contributed by atoms with E-state index >= 15 is 0 Å². The molecule has 0 saturated carbocycles. The van der Waals surface area contributed by atoms with Crippen LogP contribution in [0.3, 0.4) is 0 Å². The number of aryl methyl sites for hydroxylation is 1. The van der Waals surface area contributed by atoms with E-state index in [1.807, 2.05) is 49.4 Å². The molecule has 0 radical (unpaired) electrons. The zero-order chi connectivity index (χ0) is 21.7. The monoisotopic (exact) mass is 409 g/mol. The van der Waals surface area contributed by atoms with Gasteiger partial charge in [0.25, 0.3) is 5.91 Å². The molecule has 1 aliphatic heterocycles. The molecule has 1 unspecified atom stereocenters. The first-order chi connectivity index (χ1) is 15.0. The SMILES string of the molecule is Cc1cccc(N2C(=O)c3oc4ccccc4c(=O)c3C2c2ccc(C(C)C)cc2)c1. The van der Waals surface area contributed by atoms with Crippen molar-refractivity contribution in [3.63, 3.8) is 0 Å². The zero-order valence-electron chi connectivity index (χ0n) is 17.8. The van der Waals surface area contributed by atoms with E-state index in [0.717, 1.165) is 16.8 Å². The van der Waals surface area contributed by atoms with Gasteiger partial charge >= 0.3 is 0 Å².